The zero-order valence-electron chi connectivity index (χ0n) is 45.8. The van der Waals surface area contributed by atoms with E-state index in [2.05, 4.69) is 50.5 Å². The Kier molecular flexibility index (Phi) is 14.0. The van der Waals surface area contributed by atoms with Crippen LogP contribution in [0.5, 0.6) is 0 Å². The summed E-state index contributed by atoms with van der Waals surface area (Å²) in [5.74, 6) is -0.705. The van der Waals surface area contributed by atoms with E-state index in [0.29, 0.717) is 44.2 Å². The van der Waals surface area contributed by atoms with Crippen LogP contribution in [0.4, 0.5) is 74.4 Å². The van der Waals surface area contributed by atoms with Crippen molar-refractivity contribution in [2.45, 2.75) is 64.1 Å². The SMILES string of the molecule is Cc1nc2ccc(-c3cc(Nc4ccc(-c5cnc(Nc6cccc(C(F)(F)F)n6)cc5-c5ccc6nn(C)c(C(C)C)c6c5)c(C(F)(F)F)n4)nc(-c4cc(Nc5cc(-c6ccc(C(N)=O)cc6)ccn5)nc(C(F)(F)F)c4)c3)cc2n1C1CC1. The first-order chi connectivity index (χ1) is 40.9. The average molecular weight is 1180 g/mol. The molecule has 5 N–H and O–H groups in total. The van der Waals surface area contributed by atoms with Gasteiger partial charge in [-0.2, -0.15) is 44.6 Å². The number of alkyl halides is 9. The van der Waals surface area contributed by atoms with E-state index >= 15 is 13.2 Å². The Hall–Kier alpha value is -10.3. The molecule has 24 heteroatoms. The first-order valence-electron chi connectivity index (χ1n) is 26.8. The molecular weight excluding hydrogens is 1130 g/mol. The van der Waals surface area contributed by atoms with E-state index in [4.69, 9.17) is 15.7 Å². The standard InChI is InChI=1S/C62H47F9N14O/c1-31(2)57-43-22-37(13-17-45(43)83-84(57)4)42-29-54(79-51-7-5-6-49(77-51)60(63,64)65)74-30-44(42)41-16-19-52(82-58(41)62(69,70)71)80-55-27-38(35-12-18-46-48(24-35)85(32(3)75-46)40-14-15-40)23-47(76-55)39-25-50(61(66,67)68)78-56(28-39)81-53-26-36(20-21-73-53)33-8-10-34(11-9-33)59(72)86/h5-13,16-31,40H,14-15H2,1-4H3,(H2,72,86)(H,73,78,81)(H,74,77,79)(H,76,80,82). The number of carbonyl (C=O) groups excluding carboxylic acids is 1. The summed E-state index contributed by atoms with van der Waals surface area (Å²) >= 11 is 0. The number of nitrogens with two attached hydrogens (primary N) is 1. The second-order valence-corrected chi connectivity index (χ2v) is 21.0. The van der Waals surface area contributed by atoms with E-state index in [9.17, 15) is 31.1 Å². The minimum Gasteiger partial charge on any atom is -0.366 e. The van der Waals surface area contributed by atoms with E-state index in [0.717, 1.165) is 54.3 Å². The van der Waals surface area contributed by atoms with Gasteiger partial charge in [0.2, 0.25) is 5.91 Å². The molecule has 11 aromatic rings. The largest absolute Gasteiger partial charge is 0.434 e. The molecule has 0 atom stereocenters. The van der Waals surface area contributed by atoms with E-state index in [-0.39, 0.29) is 74.8 Å². The Morgan fingerprint density at radius 3 is 1.92 bits per heavy atom. The molecule has 0 saturated heterocycles. The molecule has 0 unspecified atom stereocenters. The molecule has 1 aliphatic rings. The predicted octanol–water partition coefficient (Wildman–Crippen LogP) is 15.8. The van der Waals surface area contributed by atoms with Gasteiger partial charge in [0.15, 0.2) is 5.69 Å². The van der Waals surface area contributed by atoms with Crippen LogP contribution < -0.4 is 21.7 Å². The maximum atomic E-state index is 15.7. The van der Waals surface area contributed by atoms with Gasteiger partial charge < -0.3 is 26.3 Å². The van der Waals surface area contributed by atoms with Crippen molar-refractivity contribution in [2.75, 3.05) is 16.0 Å². The number of fused-ring (bicyclic) bond motifs is 2. The van der Waals surface area contributed by atoms with Crippen LogP contribution >= 0.6 is 0 Å². The van der Waals surface area contributed by atoms with Crippen molar-refractivity contribution in [3.8, 4) is 55.8 Å². The summed E-state index contributed by atoms with van der Waals surface area (Å²) in [5, 5.41) is 13.9. The molecule has 12 rings (SSSR count). The number of halogens is 9. The molecule has 0 radical (unpaired) electrons. The van der Waals surface area contributed by atoms with Crippen molar-refractivity contribution in [2.24, 2.45) is 12.8 Å². The molecule has 0 aliphatic heterocycles. The molecule has 86 heavy (non-hydrogen) atoms. The van der Waals surface area contributed by atoms with E-state index in [1.807, 2.05) is 32.9 Å². The number of hydrogen-bond donors (Lipinski definition) is 4. The van der Waals surface area contributed by atoms with Gasteiger partial charge in [0, 0.05) is 58.8 Å². The lowest BCUT2D eigenvalue weighted by Crippen LogP contribution is -2.12. The van der Waals surface area contributed by atoms with Gasteiger partial charge in [-0.1, -0.05) is 44.2 Å². The van der Waals surface area contributed by atoms with Crippen LogP contribution in [0.15, 0.2) is 146 Å². The maximum Gasteiger partial charge on any atom is 0.434 e. The minimum absolute atomic E-state index is 0.0230. The topological polar surface area (TPSA) is 192 Å². The van der Waals surface area contributed by atoms with Crippen LogP contribution in [-0.4, -0.2) is 55.1 Å². The van der Waals surface area contributed by atoms with Gasteiger partial charge in [0.25, 0.3) is 0 Å². The summed E-state index contributed by atoms with van der Waals surface area (Å²) in [4.78, 5) is 41.6. The Morgan fingerprint density at radius 2 is 1.20 bits per heavy atom. The van der Waals surface area contributed by atoms with Crippen LogP contribution in [0.1, 0.15) is 77.6 Å². The molecule has 1 aliphatic carbocycles. The highest BCUT2D eigenvalue weighted by Gasteiger charge is 2.38. The van der Waals surface area contributed by atoms with Crippen molar-refractivity contribution in [1.82, 2.24) is 49.2 Å². The summed E-state index contributed by atoms with van der Waals surface area (Å²) in [6.45, 7) is 5.83. The summed E-state index contributed by atoms with van der Waals surface area (Å²) in [6.07, 6.45) is -10.4. The molecule has 3 aromatic carbocycles. The number of nitrogens with one attached hydrogen (secondary N) is 3. The summed E-state index contributed by atoms with van der Waals surface area (Å²) in [5.41, 5.74) is 7.14. The number of aryl methyl sites for hydroxylation is 2. The second-order valence-electron chi connectivity index (χ2n) is 21.0. The predicted molar refractivity (Wildman–Crippen MR) is 308 cm³/mol. The van der Waals surface area contributed by atoms with Crippen molar-refractivity contribution < 1.29 is 44.3 Å². The first kappa shape index (κ1) is 56.2. The zero-order chi connectivity index (χ0) is 60.6. The number of primary amides is 1. The number of pyridine rings is 6. The lowest BCUT2D eigenvalue weighted by molar-refractivity contribution is -0.141. The molecule has 8 heterocycles. The van der Waals surface area contributed by atoms with Crippen LogP contribution in [0.2, 0.25) is 0 Å². The summed E-state index contributed by atoms with van der Waals surface area (Å²) in [6, 6.07) is 32.9. The molecule has 1 fully saturated rings. The van der Waals surface area contributed by atoms with Crippen molar-refractivity contribution in [3.05, 3.63) is 180 Å². The summed E-state index contributed by atoms with van der Waals surface area (Å²) < 4.78 is 137. The van der Waals surface area contributed by atoms with E-state index < -0.39 is 47.1 Å². The van der Waals surface area contributed by atoms with Crippen molar-refractivity contribution in [3.63, 3.8) is 0 Å². The number of anilines is 6. The van der Waals surface area contributed by atoms with Crippen molar-refractivity contribution in [1.29, 1.82) is 0 Å². The third-order valence-electron chi connectivity index (χ3n) is 14.5. The van der Waals surface area contributed by atoms with Gasteiger partial charge in [-0.25, -0.2) is 34.9 Å². The molecule has 434 valence electrons. The number of amides is 1. The number of aromatic nitrogens is 10. The molecule has 0 spiro atoms. The quantitative estimate of drug-likeness (QED) is 0.0755. The number of imidazole rings is 1. The van der Waals surface area contributed by atoms with Gasteiger partial charge >= 0.3 is 18.5 Å². The molecular formula is C62H47F9N14O. The fourth-order valence-electron chi connectivity index (χ4n) is 10.6. The molecule has 8 aromatic heterocycles. The lowest BCUT2D eigenvalue weighted by Gasteiger charge is -2.18. The lowest BCUT2D eigenvalue weighted by atomic mass is 9.93. The number of carbonyl (C=O) groups is 1. The number of nitrogens with zero attached hydrogens (tertiary/aromatic N) is 10. The Morgan fingerprint density at radius 1 is 0.558 bits per heavy atom. The number of benzene rings is 3. The maximum absolute atomic E-state index is 15.7. The van der Waals surface area contributed by atoms with Gasteiger partial charge in [0.1, 0.15) is 52.1 Å². The summed E-state index contributed by atoms with van der Waals surface area (Å²) in [7, 11) is 1.78. The third kappa shape index (κ3) is 11.4. The number of rotatable bonds is 14. The van der Waals surface area contributed by atoms with Gasteiger partial charge in [-0.05, 0) is 162 Å². The fourth-order valence-corrected chi connectivity index (χ4v) is 10.6. The second kappa shape index (κ2) is 21.4. The molecule has 15 nitrogen and oxygen atoms in total. The van der Waals surface area contributed by atoms with Gasteiger partial charge in [0.05, 0.1) is 22.2 Å². The normalized spacial score (nSPS) is 13.0. The average Bonchev–Trinajstić information content (AvgIpc) is 1.85. The van der Waals surface area contributed by atoms with Crippen LogP contribution in [-0.2, 0) is 25.6 Å². The van der Waals surface area contributed by atoms with Crippen molar-refractivity contribution >= 4 is 62.8 Å². The Bertz CT molecular complexity index is 4470. The fraction of sp³-hybridized carbons (Fsp3) is 0.177. The highest BCUT2D eigenvalue weighted by molar-refractivity contribution is 5.94. The molecule has 1 amide bonds. The van der Waals surface area contributed by atoms with Crippen LogP contribution in [0, 0.1) is 6.92 Å². The highest BCUT2D eigenvalue weighted by atomic mass is 19.4. The molecule has 1 saturated carbocycles. The molecule has 0 bridgehead atoms. The Labute approximate surface area is 483 Å². The van der Waals surface area contributed by atoms with Gasteiger partial charge in [-0.3, -0.25) is 9.48 Å². The monoisotopic (exact) mass is 1170 g/mol. The van der Waals surface area contributed by atoms with E-state index in [1.165, 1.54) is 48.7 Å². The number of hydrogen-bond acceptors (Lipinski definition) is 12. The van der Waals surface area contributed by atoms with Crippen LogP contribution in [0.3, 0.4) is 0 Å². The van der Waals surface area contributed by atoms with Gasteiger partial charge in [-0.15, -0.1) is 0 Å². The van der Waals surface area contributed by atoms with Crippen LogP contribution in [0.25, 0.3) is 77.7 Å². The minimum atomic E-state index is -5.13. The zero-order valence-corrected chi connectivity index (χ0v) is 45.8. The first-order valence-corrected chi connectivity index (χ1v) is 26.8. The Balaban J connectivity index is 0.967. The highest BCUT2D eigenvalue weighted by Crippen LogP contribution is 2.45. The smallest absolute Gasteiger partial charge is 0.366 e. The third-order valence-corrected chi connectivity index (χ3v) is 14.5. The van der Waals surface area contributed by atoms with E-state index in [1.54, 1.807) is 72.4 Å².